The molecule has 0 spiro atoms. The Balaban J connectivity index is 2.11. The molecule has 4 bridgehead atoms. The van der Waals surface area contributed by atoms with E-state index in [0.29, 0.717) is 24.7 Å². The topological polar surface area (TPSA) is 78.9 Å². The quantitative estimate of drug-likeness (QED) is 0.393. The Morgan fingerprint density at radius 2 is 1.11 bits per heavy atom. The van der Waals surface area contributed by atoms with Gasteiger partial charge in [-0.3, -0.25) is 0 Å². The maximum absolute atomic E-state index is 12.6. The fraction of sp³-hybridized carbons (Fsp3) is 0.591. The average molecular weight is 388 g/mol. The molecule has 2 atom stereocenters. The van der Waals surface area contributed by atoms with Crippen LogP contribution in [0.4, 0.5) is 0 Å². The Morgan fingerprint density at radius 1 is 0.714 bits per heavy atom. The molecule has 6 nitrogen and oxygen atoms in total. The van der Waals surface area contributed by atoms with Gasteiger partial charge in [-0.15, -0.1) is 0 Å². The van der Waals surface area contributed by atoms with Gasteiger partial charge in [-0.25, -0.2) is 14.4 Å². The molecule has 0 N–H and O–H groups in total. The van der Waals surface area contributed by atoms with Gasteiger partial charge in [0.25, 0.3) is 5.79 Å². The van der Waals surface area contributed by atoms with E-state index in [1.807, 2.05) is 0 Å². The molecule has 0 aromatic rings. The van der Waals surface area contributed by atoms with Crippen LogP contribution in [0.15, 0.2) is 36.5 Å². The molecular weight excluding hydrogens is 360 g/mol. The van der Waals surface area contributed by atoms with Crippen LogP contribution >= 0.6 is 0 Å². The minimum absolute atomic E-state index is 0.181. The van der Waals surface area contributed by atoms with Crippen LogP contribution in [0.25, 0.3) is 0 Å². The van der Waals surface area contributed by atoms with Crippen LogP contribution in [0.5, 0.6) is 0 Å². The summed E-state index contributed by atoms with van der Waals surface area (Å²) in [5.74, 6) is -3.20. The summed E-state index contributed by atoms with van der Waals surface area (Å²) in [6, 6.07) is 0. The molecule has 4 saturated carbocycles. The molecular formula is C22H28O6. The monoisotopic (exact) mass is 388 g/mol. The minimum Gasteiger partial charge on any atom is -0.447 e. The van der Waals surface area contributed by atoms with Crippen molar-refractivity contribution in [3.63, 3.8) is 0 Å². The van der Waals surface area contributed by atoms with Crippen LogP contribution in [0, 0.1) is 17.8 Å². The smallest absolute Gasteiger partial charge is 0.336 e. The van der Waals surface area contributed by atoms with Crippen LogP contribution in [-0.4, -0.2) is 29.3 Å². The fourth-order valence-corrected chi connectivity index (χ4v) is 5.12. The average Bonchev–Trinajstić information content (AvgIpc) is 2.58. The van der Waals surface area contributed by atoms with Crippen molar-refractivity contribution >= 4 is 17.9 Å². The van der Waals surface area contributed by atoms with Gasteiger partial charge in [-0.05, 0) is 64.7 Å². The highest BCUT2D eigenvalue weighted by Crippen LogP contribution is 2.63. The molecule has 4 aliphatic carbocycles. The number of hydrogen-bond donors (Lipinski definition) is 0. The highest BCUT2D eigenvalue weighted by molar-refractivity contribution is 5.90. The lowest BCUT2D eigenvalue weighted by molar-refractivity contribution is -0.362. The van der Waals surface area contributed by atoms with Crippen molar-refractivity contribution in [3.8, 4) is 0 Å². The van der Waals surface area contributed by atoms with Crippen molar-refractivity contribution in [2.75, 3.05) is 0 Å². The molecule has 28 heavy (non-hydrogen) atoms. The third kappa shape index (κ3) is 3.19. The van der Waals surface area contributed by atoms with Gasteiger partial charge in [0.15, 0.2) is 5.60 Å². The first-order valence-electron chi connectivity index (χ1n) is 9.66. The van der Waals surface area contributed by atoms with E-state index in [9.17, 15) is 14.4 Å². The molecule has 0 amide bonds. The summed E-state index contributed by atoms with van der Waals surface area (Å²) in [4.78, 5) is 37.6. The van der Waals surface area contributed by atoms with Crippen LogP contribution in [0.1, 0.15) is 52.9 Å². The second-order valence-electron chi connectivity index (χ2n) is 8.72. The minimum atomic E-state index is -1.68. The SMILES string of the molecule is C=C(C)C(=O)OC12CC3CC(CC(C3)C1(OC(=O)C(=C)C)OC(=O)C(=C)C)C2. The summed E-state index contributed by atoms with van der Waals surface area (Å²) in [5.41, 5.74) is -0.627. The van der Waals surface area contributed by atoms with Crippen molar-refractivity contribution in [1.29, 1.82) is 0 Å². The molecule has 4 fully saturated rings. The predicted octanol–water partition coefficient (Wildman–Crippen LogP) is 3.62. The van der Waals surface area contributed by atoms with Crippen LogP contribution in [0.3, 0.4) is 0 Å². The van der Waals surface area contributed by atoms with E-state index in [1.54, 1.807) is 6.92 Å². The second kappa shape index (κ2) is 6.90. The van der Waals surface area contributed by atoms with Gasteiger partial charge in [0, 0.05) is 22.6 Å². The van der Waals surface area contributed by atoms with Crippen molar-refractivity contribution < 1.29 is 28.6 Å². The molecule has 0 radical (unpaired) electrons. The van der Waals surface area contributed by atoms with Crippen molar-refractivity contribution in [3.05, 3.63) is 36.5 Å². The van der Waals surface area contributed by atoms with E-state index in [-0.39, 0.29) is 22.6 Å². The van der Waals surface area contributed by atoms with Crippen LogP contribution < -0.4 is 0 Å². The number of esters is 3. The first-order chi connectivity index (χ1) is 13.0. The van der Waals surface area contributed by atoms with Gasteiger partial charge in [0.2, 0.25) is 0 Å². The van der Waals surface area contributed by atoms with Crippen LogP contribution in [-0.2, 0) is 28.6 Å². The van der Waals surface area contributed by atoms with Gasteiger partial charge in [0.05, 0.1) is 0 Å². The summed E-state index contributed by atoms with van der Waals surface area (Å²) in [5, 5.41) is 0. The Kier molecular flexibility index (Phi) is 5.02. The summed E-state index contributed by atoms with van der Waals surface area (Å²) in [6.45, 7) is 15.6. The largest absolute Gasteiger partial charge is 0.447 e. The summed E-state index contributed by atoms with van der Waals surface area (Å²) < 4.78 is 17.6. The summed E-state index contributed by atoms with van der Waals surface area (Å²) in [7, 11) is 0. The molecule has 152 valence electrons. The Hall–Kier alpha value is -2.37. The normalized spacial score (nSPS) is 31.6. The molecule has 0 heterocycles. The Labute approximate surface area is 165 Å². The van der Waals surface area contributed by atoms with Crippen molar-refractivity contribution in [2.24, 2.45) is 17.8 Å². The van der Waals surface area contributed by atoms with E-state index >= 15 is 0 Å². The van der Waals surface area contributed by atoms with E-state index in [1.165, 1.54) is 13.8 Å². The molecule has 6 heteroatoms. The standard InChI is InChI=1S/C22H28O6/c1-12(2)18(23)26-21-10-15-7-16(11-21)9-17(8-15)22(21,27-19(24)13(3)4)28-20(25)14(5)6/h15-17H,1,3,5,7-11H2,2,4,6H3. The lowest BCUT2D eigenvalue weighted by Crippen LogP contribution is -2.73. The molecule has 4 rings (SSSR count). The van der Waals surface area contributed by atoms with Crippen molar-refractivity contribution in [2.45, 2.75) is 64.3 Å². The van der Waals surface area contributed by atoms with Gasteiger partial charge in [0.1, 0.15) is 0 Å². The predicted molar refractivity (Wildman–Crippen MR) is 102 cm³/mol. The summed E-state index contributed by atoms with van der Waals surface area (Å²) >= 11 is 0. The number of hydrogen-bond acceptors (Lipinski definition) is 6. The molecule has 0 aromatic heterocycles. The maximum atomic E-state index is 12.6. The Morgan fingerprint density at radius 3 is 1.50 bits per heavy atom. The number of carbonyl (C=O) groups excluding carboxylic acids is 3. The van der Waals surface area contributed by atoms with E-state index < -0.39 is 29.3 Å². The van der Waals surface area contributed by atoms with Crippen LogP contribution in [0.2, 0.25) is 0 Å². The maximum Gasteiger partial charge on any atom is 0.336 e. The lowest BCUT2D eigenvalue weighted by Gasteiger charge is -2.63. The lowest BCUT2D eigenvalue weighted by atomic mass is 9.51. The molecule has 4 aliphatic rings. The van der Waals surface area contributed by atoms with E-state index in [4.69, 9.17) is 14.2 Å². The molecule has 0 aromatic carbocycles. The van der Waals surface area contributed by atoms with Gasteiger partial charge in [-0.1, -0.05) is 19.7 Å². The zero-order valence-corrected chi connectivity index (χ0v) is 16.8. The van der Waals surface area contributed by atoms with Crippen molar-refractivity contribution in [1.82, 2.24) is 0 Å². The first kappa shape index (κ1) is 20.4. The highest BCUT2D eigenvalue weighted by atomic mass is 16.8. The Bertz CT molecular complexity index is 734. The van der Waals surface area contributed by atoms with E-state index in [2.05, 4.69) is 19.7 Å². The number of carbonyl (C=O) groups is 3. The zero-order chi connectivity index (χ0) is 20.9. The second-order valence-corrected chi connectivity index (χ2v) is 8.72. The third-order valence-corrected chi connectivity index (χ3v) is 6.13. The third-order valence-electron chi connectivity index (χ3n) is 6.13. The van der Waals surface area contributed by atoms with E-state index in [0.717, 1.165) is 19.3 Å². The van der Waals surface area contributed by atoms with Gasteiger partial charge < -0.3 is 14.2 Å². The molecule has 2 unspecified atom stereocenters. The molecule has 0 aliphatic heterocycles. The van der Waals surface area contributed by atoms with Gasteiger partial charge in [-0.2, -0.15) is 0 Å². The number of rotatable bonds is 6. The fourth-order valence-electron chi connectivity index (χ4n) is 5.12. The van der Waals surface area contributed by atoms with Gasteiger partial charge >= 0.3 is 17.9 Å². The summed E-state index contributed by atoms with van der Waals surface area (Å²) in [6.07, 6.45) is 3.49. The molecule has 0 saturated heterocycles. The number of ether oxygens (including phenoxy) is 3. The first-order valence-corrected chi connectivity index (χ1v) is 9.66. The zero-order valence-electron chi connectivity index (χ0n) is 16.8. The highest BCUT2D eigenvalue weighted by Gasteiger charge is 2.73.